The molecule has 144 valence electrons. The van der Waals surface area contributed by atoms with Gasteiger partial charge in [0.25, 0.3) is 5.89 Å². The maximum atomic E-state index is 12.6. The molecule has 1 amide bonds. The summed E-state index contributed by atoms with van der Waals surface area (Å²) in [5, 5.41) is 13.3. The third kappa shape index (κ3) is 3.24. The average molecular weight is 381 g/mol. The van der Waals surface area contributed by atoms with E-state index in [4.69, 9.17) is 13.4 Å². The van der Waals surface area contributed by atoms with E-state index in [1.54, 1.807) is 17.0 Å². The van der Waals surface area contributed by atoms with Crippen molar-refractivity contribution < 1.29 is 18.2 Å². The molecule has 3 aromatic heterocycles. The van der Waals surface area contributed by atoms with Crippen LogP contribution in [0.25, 0.3) is 11.7 Å². The van der Waals surface area contributed by atoms with E-state index < -0.39 is 0 Å². The first-order valence-electron chi connectivity index (χ1n) is 8.96. The van der Waals surface area contributed by atoms with Crippen LogP contribution in [0.15, 0.2) is 31.8 Å². The van der Waals surface area contributed by atoms with Gasteiger partial charge >= 0.3 is 0 Å². The van der Waals surface area contributed by atoms with Gasteiger partial charge in [-0.25, -0.2) is 0 Å². The van der Waals surface area contributed by atoms with Crippen LogP contribution in [0.5, 0.6) is 0 Å². The Kier molecular flexibility index (Phi) is 4.61. The van der Waals surface area contributed by atoms with Gasteiger partial charge in [0, 0.05) is 31.7 Å². The van der Waals surface area contributed by atoms with Crippen molar-refractivity contribution in [2.24, 2.45) is 0 Å². The third-order valence-electron chi connectivity index (χ3n) is 4.88. The minimum absolute atomic E-state index is 0.0309. The second-order valence-corrected chi connectivity index (χ2v) is 6.61. The number of hydrogen-bond acceptors (Lipinski definition) is 8. The molecule has 9 heteroatoms. The lowest BCUT2D eigenvalue weighted by atomic mass is 10.1. The van der Waals surface area contributed by atoms with Gasteiger partial charge in [0.2, 0.25) is 17.5 Å². The van der Waals surface area contributed by atoms with Crippen molar-refractivity contribution in [1.82, 2.24) is 15.0 Å². The van der Waals surface area contributed by atoms with Gasteiger partial charge in [-0.2, -0.15) is 10.2 Å². The standard InChI is InChI=1S/C19H19N5O4/c1-12-14(13(2)28-22-12)10-17(25)23-5-7-24(8-6-23)19-15(11-20)21-18(27-19)16-4-3-9-26-16/h3-4,9H,5-8,10H2,1-2H3. The van der Waals surface area contributed by atoms with Crippen LogP contribution in [-0.4, -0.2) is 47.1 Å². The summed E-state index contributed by atoms with van der Waals surface area (Å²) in [7, 11) is 0. The number of amides is 1. The van der Waals surface area contributed by atoms with Crippen molar-refractivity contribution in [3.05, 3.63) is 41.1 Å². The molecular formula is C19H19N5O4. The maximum absolute atomic E-state index is 12.6. The maximum Gasteiger partial charge on any atom is 0.266 e. The van der Waals surface area contributed by atoms with Crippen molar-refractivity contribution in [2.75, 3.05) is 31.1 Å². The first kappa shape index (κ1) is 17.9. The number of anilines is 1. The Morgan fingerprint density at radius 2 is 2.07 bits per heavy atom. The molecule has 9 nitrogen and oxygen atoms in total. The number of hydrogen-bond donors (Lipinski definition) is 0. The number of nitriles is 1. The van der Waals surface area contributed by atoms with Gasteiger partial charge in [-0.1, -0.05) is 5.16 Å². The SMILES string of the molecule is Cc1noc(C)c1CC(=O)N1CCN(c2oc(-c3ccco3)nc2C#N)CC1. The Morgan fingerprint density at radius 1 is 1.29 bits per heavy atom. The Morgan fingerprint density at radius 3 is 2.68 bits per heavy atom. The summed E-state index contributed by atoms with van der Waals surface area (Å²) < 4.78 is 16.2. The van der Waals surface area contributed by atoms with Crippen molar-refractivity contribution in [3.8, 4) is 17.7 Å². The monoisotopic (exact) mass is 381 g/mol. The summed E-state index contributed by atoms with van der Waals surface area (Å²) in [6.07, 6.45) is 1.80. The number of aryl methyl sites for hydroxylation is 2. The molecule has 1 aliphatic rings. The zero-order valence-electron chi connectivity index (χ0n) is 15.6. The smallest absolute Gasteiger partial charge is 0.266 e. The Labute approximate surface area is 161 Å². The summed E-state index contributed by atoms with van der Waals surface area (Å²) in [5.41, 5.74) is 1.80. The molecule has 1 aliphatic heterocycles. The number of carbonyl (C=O) groups is 1. The largest absolute Gasteiger partial charge is 0.459 e. The highest BCUT2D eigenvalue weighted by Gasteiger charge is 2.27. The van der Waals surface area contributed by atoms with Crippen molar-refractivity contribution in [2.45, 2.75) is 20.3 Å². The summed E-state index contributed by atoms with van der Waals surface area (Å²) in [5.74, 6) is 1.86. The van der Waals surface area contributed by atoms with Crippen molar-refractivity contribution in [3.63, 3.8) is 0 Å². The van der Waals surface area contributed by atoms with Crippen molar-refractivity contribution >= 4 is 11.8 Å². The Bertz CT molecular complexity index is 1000. The number of nitrogens with zero attached hydrogens (tertiary/aromatic N) is 5. The number of rotatable bonds is 4. The molecule has 4 rings (SSSR count). The fourth-order valence-corrected chi connectivity index (χ4v) is 3.28. The van der Waals surface area contributed by atoms with Crippen LogP contribution in [0.4, 0.5) is 5.88 Å². The number of aromatic nitrogens is 2. The van der Waals surface area contributed by atoms with Gasteiger partial charge in [-0.05, 0) is 26.0 Å². The van der Waals surface area contributed by atoms with Crippen LogP contribution in [0.1, 0.15) is 22.7 Å². The Balaban J connectivity index is 1.43. The van der Waals surface area contributed by atoms with Crippen LogP contribution in [0.3, 0.4) is 0 Å². The molecule has 28 heavy (non-hydrogen) atoms. The predicted octanol–water partition coefficient (Wildman–Crippen LogP) is 2.30. The van der Waals surface area contributed by atoms with E-state index >= 15 is 0 Å². The highest BCUT2D eigenvalue weighted by molar-refractivity contribution is 5.79. The molecule has 1 saturated heterocycles. The first-order chi connectivity index (χ1) is 13.6. The minimum Gasteiger partial charge on any atom is -0.459 e. The lowest BCUT2D eigenvalue weighted by Crippen LogP contribution is -2.49. The number of oxazole rings is 1. The Hall–Kier alpha value is -3.54. The molecule has 4 heterocycles. The summed E-state index contributed by atoms with van der Waals surface area (Å²) >= 11 is 0. The topological polar surface area (TPSA) is 113 Å². The van der Waals surface area contributed by atoms with Crippen molar-refractivity contribution in [1.29, 1.82) is 5.26 Å². The first-order valence-corrected chi connectivity index (χ1v) is 8.96. The van der Waals surface area contributed by atoms with E-state index in [0.29, 0.717) is 43.6 Å². The van der Waals surface area contributed by atoms with Gasteiger partial charge in [-0.3, -0.25) is 4.79 Å². The fraction of sp³-hybridized carbons (Fsp3) is 0.368. The normalized spacial score (nSPS) is 14.3. The molecule has 0 bridgehead atoms. The molecule has 1 fully saturated rings. The fourth-order valence-electron chi connectivity index (χ4n) is 3.28. The third-order valence-corrected chi connectivity index (χ3v) is 4.88. The lowest BCUT2D eigenvalue weighted by Gasteiger charge is -2.34. The van der Waals surface area contributed by atoms with Crippen LogP contribution >= 0.6 is 0 Å². The van der Waals surface area contributed by atoms with E-state index in [9.17, 15) is 10.1 Å². The number of furan rings is 1. The van der Waals surface area contributed by atoms with Crippen LogP contribution in [0, 0.1) is 25.2 Å². The van der Waals surface area contributed by atoms with Gasteiger partial charge in [-0.15, -0.1) is 0 Å². The molecule has 0 saturated carbocycles. The zero-order chi connectivity index (χ0) is 19.7. The quantitative estimate of drug-likeness (QED) is 0.676. The van der Waals surface area contributed by atoms with Gasteiger partial charge in [0.05, 0.1) is 18.4 Å². The average Bonchev–Trinajstić information content (AvgIpc) is 3.44. The van der Waals surface area contributed by atoms with Gasteiger partial charge < -0.3 is 23.2 Å². The van der Waals surface area contributed by atoms with Crippen LogP contribution in [-0.2, 0) is 11.2 Å². The number of carbonyl (C=O) groups excluding carboxylic acids is 1. The molecule has 3 aromatic rings. The second kappa shape index (κ2) is 7.23. The highest BCUT2D eigenvalue weighted by Crippen LogP contribution is 2.29. The van der Waals surface area contributed by atoms with E-state index in [1.807, 2.05) is 18.7 Å². The molecule has 0 aromatic carbocycles. The molecular weight excluding hydrogens is 362 g/mol. The second-order valence-electron chi connectivity index (χ2n) is 6.61. The molecule has 0 unspecified atom stereocenters. The van der Waals surface area contributed by atoms with E-state index in [0.717, 1.165) is 11.3 Å². The van der Waals surface area contributed by atoms with Crippen LogP contribution < -0.4 is 4.90 Å². The molecule has 0 radical (unpaired) electrons. The van der Waals surface area contributed by atoms with Gasteiger partial charge in [0.1, 0.15) is 11.8 Å². The highest BCUT2D eigenvalue weighted by atomic mass is 16.5. The van der Waals surface area contributed by atoms with E-state index in [2.05, 4.69) is 16.2 Å². The lowest BCUT2D eigenvalue weighted by molar-refractivity contribution is -0.130. The summed E-state index contributed by atoms with van der Waals surface area (Å²) in [4.78, 5) is 20.6. The van der Waals surface area contributed by atoms with E-state index in [1.165, 1.54) is 6.26 Å². The van der Waals surface area contributed by atoms with Crippen LogP contribution in [0.2, 0.25) is 0 Å². The predicted molar refractivity (Wildman–Crippen MR) is 97.4 cm³/mol. The summed E-state index contributed by atoms with van der Waals surface area (Å²) in [6.45, 7) is 5.81. The zero-order valence-corrected chi connectivity index (χ0v) is 15.6. The molecule has 0 spiro atoms. The molecule has 0 atom stereocenters. The molecule has 0 N–H and O–H groups in total. The summed E-state index contributed by atoms with van der Waals surface area (Å²) in [6, 6.07) is 5.52. The van der Waals surface area contributed by atoms with E-state index in [-0.39, 0.29) is 23.9 Å². The van der Waals surface area contributed by atoms with Gasteiger partial charge in [0.15, 0.2) is 5.76 Å². The number of piperazine rings is 1. The molecule has 0 aliphatic carbocycles. The minimum atomic E-state index is 0.0309.